The van der Waals surface area contributed by atoms with Crippen LogP contribution in [0.1, 0.15) is 31.2 Å². The molecule has 0 saturated carbocycles. The summed E-state index contributed by atoms with van der Waals surface area (Å²) in [5.74, 6) is -0.0910. The highest BCUT2D eigenvalue weighted by Gasteiger charge is 2.27. The molecule has 1 aromatic carbocycles. The molecule has 126 valence electrons. The summed E-state index contributed by atoms with van der Waals surface area (Å²) in [6.45, 7) is 3.22. The van der Waals surface area contributed by atoms with E-state index in [1.165, 1.54) is 0 Å². The third-order valence-corrected chi connectivity index (χ3v) is 4.04. The lowest BCUT2D eigenvalue weighted by Crippen LogP contribution is -2.46. The zero-order valence-corrected chi connectivity index (χ0v) is 13.5. The van der Waals surface area contributed by atoms with Crippen molar-refractivity contribution in [1.82, 2.24) is 4.90 Å². The number of carboxylic acid groups (broad SMARTS) is 1. The Bertz CT molecular complexity index is 560. The third-order valence-electron chi connectivity index (χ3n) is 4.04. The molecule has 23 heavy (non-hydrogen) atoms. The Morgan fingerprint density at radius 3 is 2.87 bits per heavy atom. The first-order chi connectivity index (χ1) is 11.0. The lowest BCUT2D eigenvalue weighted by molar-refractivity contribution is -0.147. The molecule has 1 aliphatic heterocycles. The number of ether oxygens (including phenoxy) is 2. The standard InChI is InChI=1S/C17H23NO5/c1-12(14-5-3-4-6-15(14)22-2)9-16(19)18-7-8-23-13(11-18)10-17(20)21/h3-6,12-13H,7-11H2,1-2H3,(H,20,21). The monoisotopic (exact) mass is 321 g/mol. The molecule has 1 aliphatic rings. The lowest BCUT2D eigenvalue weighted by Gasteiger charge is -2.33. The molecule has 2 atom stereocenters. The van der Waals surface area contributed by atoms with E-state index in [9.17, 15) is 9.59 Å². The maximum absolute atomic E-state index is 12.5. The van der Waals surface area contributed by atoms with Crippen LogP contribution >= 0.6 is 0 Å². The van der Waals surface area contributed by atoms with Crippen LogP contribution in [0.3, 0.4) is 0 Å². The number of benzene rings is 1. The highest BCUT2D eigenvalue weighted by Crippen LogP contribution is 2.29. The first-order valence-electron chi connectivity index (χ1n) is 7.75. The van der Waals surface area contributed by atoms with E-state index in [-0.39, 0.29) is 18.2 Å². The third kappa shape index (κ3) is 4.69. The molecule has 1 fully saturated rings. The normalized spacial score (nSPS) is 19.2. The summed E-state index contributed by atoms with van der Waals surface area (Å²) in [5, 5.41) is 8.85. The van der Waals surface area contributed by atoms with Crippen molar-refractivity contribution in [2.75, 3.05) is 26.8 Å². The minimum absolute atomic E-state index is 0.0158. The van der Waals surface area contributed by atoms with E-state index in [0.717, 1.165) is 11.3 Å². The predicted molar refractivity (Wildman–Crippen MR) is 84.6 cm³/mol. The molecule has 0 bridgehead atoms. The summed E-state index contributed by atoms with van der Waals surface area (Å²) in [6, 6.07) is 7.67. The van der Waals surface area contributed by atoms with Crippen molar-refractivity contribution in [2.24, 2.45) is 0 Å². The van der Waals surface area contributed by atoms with Crippen molar-refractivity contribution < 1.29 is 24.2 Å². The molecule has 0 radical (unpaired) electrons. The first-order valence-corrected chi connectivity index (χ1v) is 7.75. The fraction of sp³-hybridized carbons (Fsp3) is 0.529. The van der Waals surface area contributed by atoms with E-state index in [1.807, 2.05) is 31.2 Å². The van der Waals surface area contributed by atoms with Crippen molar-refractivity contribution in [1.29, 1.82) is 0 Å². The second kappa shape index (κ2) is 7.97. The van der Waals surface area contributed by atoms with Gasteiger partial charge >= 0.3 is 5.97 Å². The maximum atomic E-state index is 12.5. The molecule has 2 unspecified atom stereocenters. The zero-order chi connectivity index (χ0) is 16.8. The zero-order valence-electron chi connectivity index (χ0n) is 13.5. The van der Waals surface area contributed by atoms with Crippen LogP contribution in [0.15, 0.2) is 24.3 Å². The number of carboxylic acids is 1. The van der Waals surface area contributed by atoms with E-state index >= 15 is 0 Å². The average Bonchev–Trinajstić information content (AvgIpc) is 2.54. The van der Waals surface area contributed by atoms with Crippen LogP contribution in [-0.2, 0) is 14.3 Å². The van der Waals surface area contributed by atoms with Gasteiger partial charge in [-0.3, -0.25) is 9.59 Å². The second-order valence-electron chi connectivity index (χ2n) is 5.78. The van der Waals surface area contributed by atoms with Gasteiger partial charge in [-0.15, -0.1) is 0 Å². The molecule has 0 spiro atoms. The van der Waals surface area contributed by atoms with Crippen LogP contribution < -0.4 is 4.74 Å². The van der Waals surface area contributed by atoms with Gasteiger partial charge in [0.25, 0.3) is 0 Å². The summed E-state index contributed by atoms with van der Waals surface area (Å²) in [4.78, 5) is 25.0. The summed E-state index contributed by atoms with van der Waals surface area (Å²) in [7, 11) is 1.62. The Labute approximate surface area is 136 Å². The Hall–Kier alpha value is -2.08. The van der Waals surface area contributed by atoms with E-state index in [2.05, 4.69) is 0 Å². The Kier molecular flexibility index (Phi) is 5.98. The van der Waals surface area contributed by atoms with Crippen LogP contribution in [-0.4, -0.2) is 54.8 Å². The van der Waals surface area contributed by atoms with Crippen molar-refractivity contribution in [3.8, 4) is 5.75 Å². The minimum atomic E-state index is -0.910. The number of amides is 1. The largest absolute Gasteiger partial charge is 0.496 e. The number of hydrogen-bond donors (Lipinski definition) is 1. The minimum Gasteiger partial charge on any atom is -0.496 e. The fourth-order valence-electron chi connectivity index (χ4n) is 2.84. The lowest BCUT2D eigenvalue weighted by atomic mass is 9.96. The number of hydrogen-bond acceptors (Lipinski definition) is 4. The van der Waals surface area contributed by atoms with E-state index in [4.69, 9.17) is 14.6 Å². The van der Waals surface area contributed by atoms with Gasteiger partial charge in [0.2, 0.25) is 5.91 Å². The highest BCUT2D eigenvalue weighted by molar-refractivity contribution is 5.77. The van der Waals surface area contributed by atoms with Gasteiger partial charge in [-0.2, -0.15) is 0 Å². The van der Waals surface area contributed by atoms with Crippen LogP contribution in [0.4, 0.5) is 0 Å². The summed E-state index contributed by atoms with van der Waals surface area (Å²) in [5.41, 5.74) is 0.999. The van der Waals surface area contributed by atoms with Gasteiger partial charge in [-0.1, -0.05) is 25.1 Å². The van der Waals surface area contributed by atoms with Gasteiger partial charge in [-0.05, 0) is 17.5 Å². The van der Waals surface area contributed by atoms with Crippen molar-refractivity contribution >= 4 is 11.9 Å². The number of methoxy groups -OCH3 is 1. The van der Waals surface area contributed by atoms with Gasteiger partial charge in [0.15, 0.2) is 0 Å². The summed E-state index contributed by atoms with van der Waals surface area (Å²) >= 11 is 0. The molecule has 6 nitrogen and oxygen atoms in total. The molecule has 1 heterocycles. The highest BCUT2D eigenvalue weighted by atomic mass is 16.5. The van der Waals surface area contributed by atoms with Crippen molar-refractivity contribution in [3.05, 3.63) is 29.8 Å². The number of nitrogens with zero attached hydrogens (tertiary/aromatic N) is 1. The number of carbonyl (C=O) groups is 2. The second-order valence-corrected chi connectivity index (χ2v) is 5.78. The number of morpholine rings is 1. The quantitative estimate of drug-likeness (QED) is 0.866. The molecular weight excluding hydrogens is 298 g/mol. The van der Waals surface area contributed by atoms with Crippen LogP contribution in [0.2, 0.25) is 0 Å². The molecule has 6 heteroatoms. The van der Waals surface area contributed by atoms with Crippen LogP contribution in [0.5, 0.6) is 5.75 Å². The Balaban J connectivity index is 1.96. The summed E-state index contributed by atoms with van der Waals surface area (Å²) in [6.07, 6.45) is -0.141. The molecule has 1 saturated heterocycles. The predicted octanol–water partition coefficient (Wildman–Crippen LogP) is 1.89. The van der Waals surface area contributed by atoms with Gasteiger partial charge in [-0.25, -0.2) is 0 Å². The summed E-state index contributed by atoms with van der Waals surface area (Å²) < 4.78 is 10.7. The fourth-order valence-corrected chi connectivity index (χ4v) is 2.84. The van der Waals surface area contributed by atoms with Gasteiger partial charge in [0.1, 0.15) is 5.75 Å². The Morgan fingerprint density at radius 2 is 2.17 bits per heavy atom. The molecule has 1 amide bonds. The van der Waals surface area contributed by atoms with E-state index in [0.29, 0.717) is 26.1 Å². The topological polar surface area (TPSA) is 76.1 Å². The molecule has 2 rings (SSSR count). The van der Waals surface area contributed by atoms with Crippen molar-refractivity contribution in [2.45, 2.75) is 31.8 Å². The smallest absolute Gasteiger partial charge is 0.306 e. The van der Waals surface area contributed by atoms with Crippen LogP contribution in [0, 0.1) is 0 Å². The maximum Gasteiger partial charge on any atom is 0.306 e. The van der Waals surface area contributed by atoms with Crippen molar-refractivity contribution in [3.63, 3.8) is 0 Å². The Morgan fingerprint density at radius 1 is 1.43 bits per heavy atom. The number of rotatable bonds is 6. The molecular formula is C17H23NO5. The average molecular weight is 321 g/mol. The molecule has 0 aromatic heterocycles. The molecule has 0 aliphatic carbocycles. The van der Waals surface area contributed by atoms with Crippen LogP contribution in [0.25, 0.3) is 0 Å². The SMILES string of the molecule is COc1ccccc1C(C)CC(=O)N1CCOC(CC(=O)O)C1. The first kappa shape index (κ1) is 17.3. The van der Waals surface area contributed by atoms with Gasteiger partial charge < -0.3 is 19.5 Å². The number of aliphatic carboxylic acids is 1. The van der Waals surface area contributed by atoms with Gasteiger partial charge in [0.05, 0.1) is 26.2 Å². The van der Waals surface area contributed by atoms with E-state index in [1.54, 1.807) is 12.0 Å². The molecule has 1 aromatic rings. The molecule has 1 N–H and O–H groups in total. The van der Waals surface area contributed by atoms with E-state index < -0.39 is 12.1 Å². The van der Waals surface area contributed by atoms with Gasteiger partial charge in [0, 0.05) is 19.5 Å². The number of para-hydroxylation sites is 1. The number of carbonyl (C=O) groups excluding carboxylic acids is 1.